The molecule has 6 heteroatoms. The van der Waals surface area contributed by atoms with Crippen molar-refractivity contribution in [2.24, 2.45) is 0 Å². The topological polar surface area (TPSA) is 32.8 Å². The van der Waals surface area contributed by atoms with Crippen molar-refractivity contribution >= 4 is 33.2 Å². The standard InChI is InChI=1S/C20H25BrN2O2S/c1-14-9-23(10-15(2)25-14)11-16-4-6-17(7-5-16)20(24)22(3)12-19-8-18(21)13-26-19/h4-8,13-15H,9-12H2,1-3H3. The number of carbonyl (C=O) groups excluding carboxylic acids is 1. The maximum absolute atomic E-state index is 12.6. The molecule has 0 N–H and O–H groups in total. The van der Waals surface area contributed by atoms with Crippen LogP contribution in [0.1, 0.15) is 34.6 Å². The summed E-state index contributed by atoms with van der Waals surface area (Å²) < 4.78 is 6.85. The number of benzene rings is 1. The first-order valence-corrected chi connectivity index (χ1v) is 10.5. The summed E-state index contributed by atoms with van der Waals surface area (Å²) in [5, 5.41) is 2.04. The zero-order valence-electron chi connectivity index (χ0n) is 15.4. The highest BCUT2D eigenvalue weighted by atomic mass is 79.9. The zero-order chi connectivity index (χ0) is 18.7. The van der Waals surface area contributed by atoms with Gasteiger partial charge < -0.3 is 9.64 Å². The Bertz CT molecular complexity index is 737. The first-order valence-electron chi connectivity index (χ1n) is 8.86. The third kappa shape index (κ3) is 5.16. The fourth-order valence-electron chi connectivity index (χ4n) is 3.39. The first kappa shape index (κ1) is 19.5. The van der Waals surface area contributed by atoms with Crippen molar-refractivity contribution in [3.05, 3.63) is 56.2 Å². The second kappa shape index (κ2) is 8.65. The van der Waals surface area contributed by atoms with Gasteiger partial charge in [0.2, 0.25) is 0 Å². The number of hydrogen-bond donors (Lipinski definition) is 0. The highest BCUT2D eigenvalue weighted by Crippen LogP contribution is 2.21. The van der Waals surface area contributed by atoms with E-state index in [1.807, 2.05) is 24.6 Å². The van der Waals surface area contributed by atoms with E-state index < -0.39 is 0 Å². The number of amides is 1. The van der Waals surface area contributed by atoms with Crippen molar-refractivity contribution in [2.45, 2.75) is 39.1 Å². The molecule has 1 saturated heterocycles. The zero-order valence-corrected chi connectivity index (χ0v) is 17.8. The van der Waals surface area contributed by atoms with Crippen molar-refractivity contribution in [2.75, 3.05) is 20.1 Å². The molecule has 1 aromatic carbocycles. The van der Waals surface area contributed by atoms with Crippen molar-refractivity contribution in [1.29, 1.82) is 0 Å². The van der Waals surface area contributed by atoms with E-state index in [0.29, 0.717) is 6.54 Å². The fourth-order valence-corrected chi connectivity index (χ4v) is 4.89. The van der Waals surface area contributed by atoms with Gasteiger partial charge >= 0.3 is 0 Å². The lowest BCUT2D eigenvalue weighted by molar-refractivity contribution is -0.0704. The molecule has 1 aliphatic rings. The minimum Gasteiger partial charge on any atom is -0.373 e. The molecule has 0 spiro atoms. The third-order valence-electron chi connectivity index (χ3n) is 4.46. The second-order valence-corrected chi connectivity index (χ2v) is 8.95. The minimum atomic E-state index is 0.0506. The molecule has 1 aromatic heterocycles. The van der Waals surface area contributed by atoms with Gasteiger partial charge in [-0.3, -0.25) is 9.69 Å². The monoisotopic (exact) mass is 436 g/mol. The van der Waals surface area contributed by atoms with Crippen LogP contribution in [0.3, 0.4) is 0 Å². The fraction of sp³-hybridized carbons (Fsp3) is 0.450. The molecular weight excluding hydrogens is 412 g/mol. The summed E-state index contributed by atoms with van der Waals surface area (Å²) in [5.74, 6) is 0.0506. The van der Waals surface area contributed by atoms with Gasteiger partial charge in [0.1, 0.15) is 0 Å². The molecule has 140 valence electrons. The maximum atomic E-state index is 12.6. The molecular formula is C20H25BrN2O2S. The Balaban J connectivity index is 1.58. The summed E-state index contributed by atoms with van der Waals surface area (Å²) in [4.78, 5) is 18.0. The molecule has 0 bridgehead atoms. The number of halogens is 1. The van der Waals surface area contributed by atoms with E-state index in [4.69, 9.17) is 4.74 Å². The molecule has 0 saturated carbocycles. The van der Waals surface area contributed by atoms with Crippen LogP contribution < -0.4 is 0 Å². The normalized spacial score (nSPS) is 20.9. The predicted octanol–water partition coefficient (Wildman–Crippen LogP) is 4.39. The lowest BCUT2D eigenvalue weighted by Crippen LogP contribution is -2.44. The molecule has 3 rings (SSSR count). The molecule has 1 fully saturated rings. The van der Waals surface area contributed by atoms with E-state index in [1.54, 1.807) is 16.2 Å². The molecule has 0 radical (unpaired) electrons. The van der Waals surface area contributed by atoms with Gasteiger partial charge in [-0.1, -0.05) is 12.1 Å². The van der Waals surface area contributed by atoms with Gasteiger partial charge in [-0.05, 0) is 53.5 Å². The summed E-state index contributed by atoms with van der Waals surface area (Å²) in [6.07, 6.45) is 0.538. The second-order valence-electron chi connectivity index (χ2n) is 7.04. The number of nitrogens with zero attached hydrogens (tertiary/aromatic N) is 2. The van der Waals surface area contributed by atoms with E-state index in [0.717, 1.165) is 29.7 Å². The van der Waals surface area contributed by atoms with Gasteiger partial charge in [0.25, 0.3) is 5.91 Å². The molecule has 2 atom stereocenters. The third-order valence-corrected chi connectivity index (χ3v) is 6.15. The van der Waals surface area contributed by atoms with Gasteiger partial charge in [-0.15, -0.1) is 11.3 Å². The number of rotatable bonds is 5. The quantitative estimate of drug-likeness (QED) is 0.696. The molecule has 2 aromatic rings. The van der Waals surface area contributed by atoms with Crippen LogP contribution in [0.25, 0.3) is 0 Å². The Morgan fingerprint density at radius 2 is 1.92 bits per heavy atom. The van der Waals surface area contributed by atoms with E-state index in [-0.39, 0.29) is 18.1 Å². The van der Waals surface area contributed by atoms with Crippen LogP contribution in [0.5, 0.6) is 0 Å². The first-order chi connectivity index (χ1) is 12.4. The van der Waals surface area contributed by atoms with Crippen molar-refractivity contribution < 1.29 is 9.53 Å². The minimum absolute atomic E-state index is 0.0506. The highest BCUT2D eigenvalue weighted by molar-refractivity contribution is 9.10. The van der Waals surface area contributed by atoms with Crippen LogP contribution in [0.2, 0.25) is 0 Å². The van der Waals surface area contributed by atoms with Crippen molar-refractivity contribution in [3.8, 4) is 0 Å². The Morgan fingerprint density at radius 3 is 2.50 bits per heavy atom. The van der Waals surface area contributed by atoms with Crippen LogP contribution in [0, 0.1) is 0 Å². The lowest BCUT2D eigenvalue weighted by Gasteiger charge is -2.35. The summed E-state index contributed by atoms with van der Waals surface area (Å²) in [6, 6.07) is 10.1. The number of ether oxygens (including phenoxy) is 1. The highest BCUT2D eigenvalue weighted by Gasteiger charge is 2.22. The van der Waals surface area contributed by atoms with Crippen LogP contribution in [0.15, 0.2) is 40.2 Å². The summed E-state index contributed by atoms with van der Waals surface area (Å²) in [7, 11) is 1.85. The van der Waals surface area contributed by atoms with Gasteiger partial charge in [0.15, 0.2) is 0 Å². The van der Waals surface area contributed by atoms with E-state index in [9.17, 15) is 4.79 Å². The predicted molar refractivity (Wildman–Crippen MR) is 110 cm³/mol. The SMILES string of the molecule is CC1CN(Cc2ccc(C(=O)N(C)Cc3cc(Br)cs3)cc2)CC(C)O1. The number of hydrogen-bond acceptors (Lipinski definition) is 4. The van der Waals surface area contributed by atoms with Gasteiger partial charge in [0, 0.05) is 47.0 Å². The smallest absolute Gasteiger partial charge is 0.253 e. The summed E-state index contributed by atoms with van der Waals surface area (Å²) in [5.41, 5.74) is 1.96. The molecule has 1 amide bonds. The van der Waals surface area contributed by atoms with Crippen molar-refractivity contribution in [1.82, 2.24) is 9.80 Å². The number of thiophene rings is 1. The average Bonchev–Trinajstić information content (AvgIpc) is 2.99. The van der Waals surface area contributed by atoms with Crippen LogP contribution in [-0.2, 0) is 17.8 Å². The largest absolute Gasteiger partial charge is 0.373 e. The molecule has 4 nitrogen and oxygen atoms in total. The van der Waals surface area contributed by atoms with Crippen LogP contribution in [0.4, 0.5) is 0 Å². The Kier molecular flexibility index (Phi) is 6.51. The molecule has 2 unspecified atom stereocenters. The van der Waals surface area contributed by atoms with Crippen LogP contribution in [-0.4, -0.2) is 48.1 Å². The maximum Gasteiger partial charge on any atom is 0.253 e. The summed E-state index contributed by atoms with van der Waals surface area (Å²) in [6.45, 7) is 7.65. The Morgan fingerprint density at radius 1 is 1.27 bits per heavy atom. The van der Waals surface area contributed by atoms with Gasteiger partial charge in [0.05, 0.1) is 18.8 Å². The number of carbonyl (C=O) groups is 1. The average molecular weight is 437 g/mol. The van der Waals surface area contributed by atoms with E-state index >= 15 is 0 Å². The Hall–Kier alpha value is -1.21. The van der Waals surface area contributed by atoms with Crippen molar-refractivity contribution in [3.63, 3.8) is 0 Å². The van der Waals surface area contributed by atoms with Crippen LogP contribution >= 0.6 is 27.3 Å². The Labute approximate surface area is 167 Å². The van der Waals surface area contributed by atoms with E-state index in [2.05, 4.69) is 52.9 Å². The number of morpholine rings is 1. The molecule has 26 heavy (non-hydrogen) atoms. The molecule has 1 aliphatic heterocycles. The van der Waals surface area contributed by atoms with Gasteiger partial charge in [-0.25, -0.2) is 0 Å². The van der Waals surface area contributed by atoms with Gasteiger partial charge in [-0.2, -0.15) is 0 Å². The molecule has 2 heterocycles. The molecule has 0 aliphatic carbocycles. The van der Waals surface area contributed by atoms with E-state index in [1.165, 1.54) is 10.4 Å². The lowest BCUT2D eigenvalue weighted by atomic mass is 10.1. The summed E-state index contributed by atoms with van der Waals surface area (Å²) >= 11 is 5.11.